The highest BCUT2D eigenvalue weighted by Crippen LogP contribution is 2.38. The van der Waals surface area contributed by atoms with Gasteiger partial charge in [0, 0.05) is 6.04 Å². The van der Waals surface area contributed by atoms with Gasteiger partial charge in [-0.15, -0.1) is 0 Å². The summed E-state index contributed by atoms with van der Waals surface area (Å²) in [5.41, 5.74) is 0.359. The molecular weight excluding hydrogens is 253 g/mol. The first-order chi connectivity index (χ1) is 10.2. The highest BCUT2D eigenvalue weighted by Gasteiger charge is 2.30. The van der Waals surface area contributed by atoms with Crippen molar-refractivity contribution in [3.8, 4) is 0 Å². The van der Waals surface area contributed by atoms with Crippen LogP contribution in [0, 0.1) is 11.3 Å². The van der Waals surface area contributed by atoms with E-state index < -0.39 is 0 Å². The van der Waals surface area contributed by atoms with Crippen LogP contribution in [0.4, 0.5) is 0 Å². The second-order valence-corrected chi connectivity index (χ2v) is 8.05. The maximum Gasteiger partial charge on any atom is 0.0660 e. The van der Waals surface area contributed by atoms with E-state index in [2.05, 4.69) is 12.2 Å². The van der Waals surface area contributed by atoms with Crippen LogP contribution in [-0.2, 0) is 0 Å². The van der Waals surface area contributed by atoms with Crippen molar-refractivity contribution >= 4 is 7.85 Å². The third kappa shape index (κ3) is 5.97. The Labute approximate surface area is 134 Å². The summed E-state index contributed by atoms with van der Waals surface area (Å²) in [4.78, 5) is 0. The predicted octanol–water partition coefficient (Wildman–Crippen LogP) is 5.25. The number of rotatable bonds is 2. The van der Waals surface area contributed by atoms with E-state index in [1.54, 1.807) is 0 Å². The van der Waals surface area contributed by atoms with Gasteiger partial charge in [-0.1, -0.05) is 64.6 Å². The molecule has 1 saturated heterocycles. The van der Waals surface area contributed by atoms with Crippen LogP contribution in [0.25, 0.3) is 0 Å². The molecule has 0 aromatic carbocycles. The Balaban J connectivity index is 2.00. The Hall–Kier alpha value is 0.0249. The summed E-state index contributed by atoms with van der Waals surface area (Å²) in [5.74, 6) is 0.899. The molecule has 120 valence electrons. The second kappa shape index (κ2) is 9.23. The largest absolute Gasteiger partial charge is 0.314 e. The molecule has 21 heavy (non-hydrogen) atoms. The third-order valence-corrected chi connectivity index (χ3v) is 6.04. The van der Waals surface area contributed by atoms with Crippen molar-refractivity contribution < 1.29 is 0 Å². The topological polar surface area (TPSA) is 12.0 Å². The molecule has 2 radical (unpaired) electrons. The standard InChI is InChI=1S/C19H36BN/c1-19(16-20)13-9-5-6-10-14-21-18(15-19)17-11-7-3-2-4-8-12-17/h17-18,21H,2-16H2,1H3. The fourth-order valence-corrected chi connectivity index (χ4v) is 4.43. The van der Waals surface area contributed by atoms with E-state index in [1.807, 2.05) is 0 Å². The molecule has 0 amide bonds. The highest BCUT2D eigenvalue weighted by atomic mass is 14.9. The van der Waals surface area contributed by atoms with Crippen molar-refractivity contribution in [2.24, 2.45) is 11.3 Å². The van der Waals surface area contributed by atoms with Crippen LogP contribution in [0.5, 0.6) is 0 Å². The van der Waals surface area contributed by atoms with Gasteiger partial charge in [-0.3, -0.25) is 0 Å². The van der Waals surface area contributed by atoms with Crippen LogP contribution >= 0.6 is 0 Å². The molecule has 1 heterocycles. The summed E-state index contributed by atoms with van der Waals surface area (Å²) in [6.45, 7) is 3.66. The van der Waals surface area contributed by atoms with Gasteiger partial charge in [-0.2, -0.15) is 0 Å². The van der Waals surface area contributed by atoms with Crippen molar-refractivity contribution in [1.29, 1.82) is 0 Å². The summed E-state index contributed by atoms with van der Waals surface area (Å²) in [6.07, 6.45) is 19.2. The Morgan fingerprint density at radius 1 is 0.905 bits per heavy atom. The molecule has 0 bridgehead atoms. The lowest BCUT2D eigenvalue weighted by Crippen LogP contribution is -2.41. The monoisotopic (exact) mass is 289 g/mol. The van der Waals surface area contributed by atoms with E-state index >= 15 is 0 Å². The van der Waals surface area contributed by atoms with E-state index in [0.717, 1.165) is 18.3 Å². The van der Waals surface area contributed by atoms with Gasteiger partial charge in [0.05, 0.1) is 7.85 Å². The predicted molar refractivity (Wildman–Crippen MR) is 94.0 cm³/mol. The van der Waals surface area contributed by atoms with Crippen molar-refractivity contribution in [2.75, 3.05) is 6.54 Å². The summed E-state index contributed by atoms with van der Waals surface area (Å²) < 4.78 is 0. The summed E-state index contributed by atoms with van der Waals surface area (Å²) >= 11 is 0. The maximum atomic E-state index is 6.17. The van der Waals surface area contributed by atoms with E-state index in [-0.39, 0.29) is 0 Å². The van der Waals surface area contributed by atoms with E-state index in [1.165, 1.54) is 90.0 Å². The number of hydrogen-bond donors (Lipinski definition) is 1. The fourth-order valence-electron chi connectivity index (χ4n) is 4.43. The number of nitrogens with one attached hydrogen (secondary N) is 1. The zero-order chi connectivity index (χ0) is 15.0. The van der Waals surface area contributed by atoms with Gasteiger partial charge in [-0.25, -0.2) is 0 Å². The molecule has 2 fully saturated rings. The van der Waals surface area contributed by atoms with Crippen molar-refractivity contribution in [3.63, 3.8) is 0 Å². The van der Waals surface area contributed by atoms with Gasteiger partial charge in [-0.05, 0) is 50.0 Å². The van der Waals surface area contributed by atoms with Gasteiger partial charge in [0.1, 0.15) is 0 Å². The zero-order valence-electron chi connectivity index (χ0n) is 14.3. The first kappa shape index (κ1) is 17.4. The van der Waals surface area contributed by atoms with Crippen LogP contribution in [-0.4, -0.2) is 20.4 Å². The van der Waals surface area contributed by atoms with Gasteiger partial charge in [0.15, 0.2) is 0 Å². The average Bonchev–Trinajstić information content (AvgIpc) is 2.45. The van der Waals surface area contributed by atoms with Crippen LogP contribution in [0.2, 0.25) is 6.32 Å². The van der Waals surface area contributed by atoms with Crippen molar-refractivity contribution in [3.05, 3.63) is 0 Å². The van der Waals surface area contributed by atoms with Crippen LogP contribution in [0.3, 0.4) is 0 Å². The zero-order valence-corrected chi connectivity index (χ0v) is 14.3. The SMILES string of the molecule is [B]CC1(C)CCCCCCNC(C2CCCCCCC2)C1. The smallest absolute Gasteiger partial charge is 0.0660 e. The van der Waals surface area contributed by atoms with Crippen molar-refractivity contribution in [2.45, 2.75) is 103 Å². The van der Waals surface area contributed by atoms with Crippen LogP contribution in [0.1, 0.15) is 90.4 Å². The molecule has 0 aromatic heterocycles. The molecule has 1 nitrogen and oxygen atoms in total. The molecule has 2 rings (SSSR count). The maximum absolute atomic E-state index is 6.17. The molecule has 2 heteroatoms. The minimum Gasteiger partial charge on any atom is -0.314 e. The summed E-state index contributed by atoms with van der Waals surface area (Å²) in [5, 5.41) is 3.94. The highest BCUT2D eigenvalue weighted by molar-refractivity contribution is 6.08. The van der Waals surface area contributed by atoms with E-state index in [0.29, 0.717) is 5.41 Å². The first-order valence-electron chi connectivity index (χ1n) is 9.67. The fraction of sp³-hybridized carbons (Fsp3) is 1.00. The minimum atomic E-state index is 0.359. The quantitative estimate of drug-likeness (QED) is 0.684. The lowest BCUT2D eigenvalue weighted by Gasteiger charge is -2.38. The van der Waals surface area contributed by atoms with Gasteiger partial charge >= 0.3 is 0 Å². The Morgan fingerprint density at radius 2 is 1.52 bits per heavy atom. The molecule has 1 N–H and O–H groups in total. The molecule has 1 aliphatic carbocycles. The van der Waals surface area contributed by atoms with E-state index in [9.17, 15) is 0 Å². The molecule has 2 aliphatic rings. The first-order valence-corrected chi connectivity index (χ1v) is 9.67. The van der Waals surface area contributed by atoms with Gasteiger partial charge in [0.25, 0.3) is 0 Å². The normalized spacial score (nSPS) is 34.8. The Bertz CT molecular complexity index is 273. The van der Waals surface area contributed by atoms with Crippen molar-refractivity contribution in [1.82, 2.24) is 5.32 Å². The minimum absolute atomic E-state index is 0.359. The van der Waals surface area contributed by atoms with Crippen LogP contribution < -0.4 is 5.32 Å². The molecule has 0 spiro atoms. The summed E-state index contributed by atoms with van der Waals surface area (Å²) in [7, 11) is 6.17. The van der Waals surface area contributed by atoms with Gasteiger partial charge < -0.3 is 5.32 Å². The third-order valence-electron chi connectivity index (χ3n) is 6.04. The average molecular weight is 289 g/mol. The second-order valence-electron chi connectivity index (χ2n) is 8.05. The molecular formula is C19H36BN. The molecule has 2 unspecified atom stereocenters. The molecule has 1 saturated carbocycles. The van der Waals surface area contributed by atoms with Gasteiger partial charge in [0.2, 0.25) is 0 Å². The lowest BCUT2D eigenvalue weighted by atomic mass is 9.67. The molecule has 1 aliphatic heterocycles. The molecule has 0 aromatic rings. The van der Waals surface area contributed by atoms with E-state index in [4.69, 9.17) is 7.85 Å². The summed E-state index contributed by atoms with van der Waals surface area (Å²) in [6, 6.07) is 0.717. The molecule has 2 atom stereocenters. The van der Waals surface area contributed by atoms with Crippen LogP contribution in [0.15, 0.2) is 0 Å². The Kier molecular flexibility index (Phi) is 7.64. The lowest BCUT2D eigenvalue weighted by molar-refractivity contribution is 0.186. The number of hydrogen-bond acceptors (Lipinski definition) is 1. The Morgan fingerprint density at radius 3 is 2.24 bits per heavy atom.